The molecular weight excluding hydrogens is 526 g/mol. The van der Waals surface area contributed by atoms with Gasteiger partial charge in [-0.1, -0.05) is 109 Å². The van der Waals surface area contributed by atoms with E-state index >= 15 is 0 Å². The van der Waals surface area contributed by atoms with Gasteiger partial charge in [-0.25, -0.2) is 15.0 Å². The first-order chi connectivity index (χ1) is 21.1. The number of fused-ring (bicyclic) bond motifs is 6. The molecule has 0 saturated heterocycles. The summed E-state index contributed by atoms with van der Waals surface area (Å²) in [6, 6.07) is 41.7. The number of nitrogens with zero attached hydrogens (tertiary/aromatic N) is 3. The van der Waals surface area contributed by atoms with Gasteiger partial charge in [-0.3, -0.25) is 0 Å². The monoisotopic (exact) mass is 553 g/mol. The highest BCUT2D eigenvalue weighted by molar-refractivity contribution is 6.14. The molecule has 0 atom stereocenters. The zero-order valence-electron chi connectivity index (χ0n) is 23.9. The van der Waals surface area contributed by atoms with Crippen LogP contribution in [-0.4, -0.2) is 15.0 Å². The Bertz CT molecular complexity index is 2380. The van der Waals surface area contributed by atoms with Crippen molar-refractivity contribution in [1.29, 1.82) is 0 Å². The highest BCUT2D eigenvalue weighted by Gasteiger charge is 2.19. The van der Waals surface area contributed by atoms with Gasteiger partial charge in [0, 0.05) is 27.3 Å². The Morgan fingerprint density at radius 2 is 1.19 bits per heavy atom. The van der Waals surface area contributed by atoms with Crippen molar-refractivity contribution in [1.82, 2.24) is 15.0 Å². The fourth-order valence-corrected chi connectivity index (χ4v) is 6.05. The third-order valence-electron chi connectivity index (χ3n) is 8.20. The number of benzene rings is 6. The summed E-state index contributed by atoms with van der Waals surface area (Å²) in [5, 5.41) is 6.69. The number of furan rings is 1. The summed E-state index contributed by atoms with van der Waals surface area (Å²) in [5.74, 6) is 1.90. The van der Waals surface area contributed by atoms with Crippen molar-refractivity contribution in [3.63, 3.8) is 0 Å². The van der Waals surface area contributed by atoms with E-state index in [0.29, 0.717) is 17.5 Å². The van der Waals surface area contributed by atoms with Gasteiger partial charge in [0.05, 0.1) is 0 Å². The molecule has 2 aromatic heterocycles. The Labute approximate surface area is 249 Å². The first kappa shape index (κ1) is 25.1. The lowest BCUT2D eigenvalue weighted by Gasteiger charge is -2.13. The van der Waals surface area contributed by atoms with E-state index in [4.69, 9.17) is 19.4 Å². The molecule has 0 N–H and O–H groups in total. The first-order valence-corrected chi connectivity index (χ1v) is 14.5. The van der Waals surface area contributed by atoms with Crippen LogP contribution in [-0.2, 0) is 0 Å². The minimum atomic E-state index is 0.618. The van der Waals surface area contributed by atoms with Crippen LogP contribution in [0.25, 0.3) is 77.9 Å². The number of hydrogen-bond donors (Lipinski definition) is 0. The molecule has 2 heterocycles. The molecule has 0 amide bonds. The zero-order valence-corrected chi connectivity index (χ0v) is 23.9. The van der Waals surface area contributed by atoms with Crippen LogP contribution in [0.5, 0.6) is 0 Å². The van der Waals surface area contributed by atoms with E-state index < -0.39 is 0 Å². The van der Waals surface area contributed by atoms with Crippen molar-refractivity contribution in [2.24, 2.45) is 0 Å². The van der Waals surface area contributed by atoms with Gasteiger partial charge in [-0.05, 0) is 64.9 Å². The molecule has 4 nitrogen and oxygen atoms in total. The van der Waals surface area contributed by atoms with Gasteiger partial charge in [-0.2, -0.15) is 0 Å². The quantitative estimate of drug-likeness (QED) is 0.203. The molecule has 0 fully saturated rings. The molecule has 4 heteroatoms. The van der Waals surface area contributed by atoms with Crippen molar-refractivity contribution >= 4 is 55.1 Å². The minimum absolute atomic E-state index is 0.618. The molecule has 0 aliphatic heterocycles. The molecule has 43 heavy (non-hydrogen) atoms. The highest BCUT2D eigenvalue weighted by Crippen LogP contribution is 2.38. The second kappa shape index (κ2) is 10.0. The highest BCUT2D eigenvalue weighted by atomic mass is 16.3. The fourth-order valence-electron chi connectivity index (χ4n) is 6.05. The van der Waals surface area contributed by atoms with Gasteiger partial charge in [0.25, 0.3) is 0 Å². The topological polar surface area (TPSA) is 51.8 Å². The third kappa shape index (κ3) is 4.27. The summed E-state index contributed by atoms with van der Waals surface area (Å²) in [6.07, 6.45) is 2.16. The lowest BCUT2D eigenvalue weighted by molar-refractivity contribution is 0.669. The number of rotatable bonds is 4. The van der Waals surface area contributed by atoms with E-state index in [2.05, 4.69) is 111 Å². The Balaban J connectivity index is 1.43. The molecule has 0 aliphatic carbocycles. The maximum atomic E-state index is 6.22. The standard InChI is InChI=1S/C39H27N3O/c1-24-11-3-4-13-28(24)23-25(2)37-40-38(31-17-9-14-27-22-21-26-12-5-6-15-29(26)35(27)31)42-39(41-37)32-18-10-20-34-36(32)30-16-7-8-19-33(30)43-34/h3-23H,1-2H3/b25-23+. The fraction of sp³-hybridized carbons (Fsp3) is 0.0513. The Morgan fingerprint density at radius 3 is 2.02 bits per heavy atom. The zero-order chi connectivity index (χ0) is 28.9. The summed E-state index contributed by atoms with van der Waals surface area (Å²) in [5.41, 5.74) is 6.86. The second-order valence-corrected chi connectivity index (χ2v) is 11.0. The summed E-state index contributed by atoms with van der Waals surface area (Å²) >= 11 is 0. The van der Waals surface area contributed by atoms with Gasteiger partial charge >= 0.3 is 0 Å². The van der Waals surface area contributed by atoms with E-state index in [-0.39, 0.29) is 0 Å². The number of aromatic nitrogens is 3. The van der Waals surface area contributed by atoms with Crippen LogP contribution in [0, 0.1) is 6.92 Å². The average molecular weight is 554 g/mol. The lowest BCUT2D eigenvalue weighted by atomic mass is 9.97. The molecular formula is C39H27N3O. The van der Waals surface area contributed by atoms with Crippen LogP contribution in [0.3, 0.4) is 0 Å². The van der Waals surface area contributed by atoms with E-state index in [1.807, 2.05) is 30.3 Å². The predicted octanol–water partition coefficient (Wildman–Crippen LogP) is 10.3. The SMILES string of the molecule is C/C(=C\c1ccccc1C)c1nc(-c2cccc3ccc4ccccc4c23)nc(-c2cccc3oc4ccccc4c23)n1. The molecule has 6 aromatic carbocycles. The minimum Gasteiger partial charge on any atom is -0.456 e. The van der Waals surface area contributed by atoms with Crippen LogP contribution in [0.15, 0.2) is 126 Å². The second-order valence-electron chi connectivity index (χ2n) is 11.0. The summed E-state index contributed by atoms with van der Waals surface area (Å²) in [7, 11) is 0. The number of para-hydroxylation sites is 1. The van der Waals surface area contributed by atoms with Gasteiger partial charge < -0.3 is 4.42 Å². The molecule has 8 rings (SSSR count). The third-order valence-corrected chi connectivity index (χ3v) is 8.20. The molecule has 0 unspecified atom stereocenters. The normalized spacial score (nSPS) is 12.1. The Hall–Kier alpha value is -5.61. The maximum Gasteiger partial charge on any atom is 0.164 e. The van der Waals surface area contributed by atoms with E-state index in [0.717, 1.165) is 55.0 Å². The molecule has 8 aromatic rings. The summed E-state index contributed by atoms with van der Waals surface area (Å²) in [6.45, 7) is 4.19. The molecule has 0 aliphatic rings. The lowest BCUT2D eigenvalue weighted by Crippen LogP contribution is -2.02. The van der Waals surface area contributed by atoms with E-state index in [9.17, 15) is 0 Å². The predicted molar refractivity (Wildman–Crippen MR) is 178 cm³/mol. The van der Waals surface area contributed by atoms with Crippen LogP contribution >= 0.6 is 0 Å². The van der Waals surface area contributed by atoms with Crippen LogP contribution in [0.1, 0.15) is 23.9 Å². The van der Waals surface area contributed by atoms with Gasteiger partial charge in [0.1, 0.15) is 11.2 Å². The molecule has 0 radical (unpaired) electrons. The van der Waals surface area contributed by atoms with Crippen molar-refractivity contribution in [2.75, 3.05) is 0 Å². The number of aryl methyl sites for hydroxylation is 1. The van der Waals surface area contributed by atoms with Crippen LogP contribution in [0.2, 0.25) is 0 Å². The largest absolute Gasteiger partial charge is 0.456 e. The van der Waals surface area contributed by atoms with Gasteiger partial charge in [0.2, 0.25) is 0 Å². The van der Waals surface area contributed by atoms with Gasteiger partial charge in [-0.15, -0.1) is 0 Å². The van der Waals surface area contributed by atoms with Crippen molar-refractivity contribution in [2.45, 2.75) is 13.8 Å². The summed E-state index contributed by atoms with van der Waals surface area (Å²) < 4.78 is 6.22. The first-order valence-electron chi connectivity index (χ1n) is 14.5. The van der Waals surface area contributed by atoms with Crippen LogP contribution < -0.4 is 0 Å². The molecule has 0 bridgehead atoms. The Kier molecular flexibility index (Phi) is 5.86. The summed E-state index contributed by atoms with van der Waals surface area (Å²) in [4.78, 5) is 15.4. The molecule has 0 spiro atoms. The van der Waals surface area contributed by atoms with Crippen molar-refractivity contribution in [3.05, 3.63) is 138 Å². The smallest absolute Gasteiger partial charge is 0.164 e. The number of hydrogen-bond acceptors (Lipinski definition) is 4. The molecule has 0 saturated carbocycles. The Morgan fingerprint density at radius 1 is 0.558 bits per heavy atom. The number of allylic oxidation sites excluding steroid dienone is 1. The van der Waals surface area contributed by atoms with Crippen molar-refractivity contribution in [3.8, 4) is 22.8 Å². The van der Waals surface area contributed by atoms with E-state index in [1.54, 1.807) is 0 Å². The van der Waals surface area contributed by atoms with Crippen molar-refractivity contribution < 1.29 is 4.42 Å². The van der Waals surface area contributed by atoms with Crippen LogP contribution in [0.4, 0.5) is 0 Å². The van der Waals surface area contributed by atoms with E-state index in [1.165, 1.54) is 16.3 Å². The average Bonchev–Trinajstić information content (AvgIpc) is 3.44. The molecule has 204 valence electrons. The maximum absolute atomic E-state index is 6.22. The van der Waals surface area contributed by atoms with Gasteiger partial charge in [0.15, 0.2) is 17.5 Å².